The summed E-state index contributed by atoms with van der Waals surface area (Å²) in [6.45, 7) is 1.02. The van der Waals surface area contributed by atoms with Crippen molar-refractivity contribution < 1.29 is 17.6 Å². The first-order valence-electron chi connectivity index (χ1n) is 8.02. The Morgan fingerprint density at radius 2 is 1.84 bits per heavy atom. The van der Waals surface area contributed by atoms with Gasteiger partial charge in [0, 0.05) is 32.6 Å². The molecule has 0 saturated carbocycles. The first-order valence-corrected chi connectivity index (χ1v) is 10.4. The summed E-state index contributed by atoms with van der Waals surface area (Å²) in [4.78, 5) is 13.6. The quantitative estimate of drug-likeness (QED) is 0.798. The maximum Gasteiger partial charge on any atom is 0.246 e. The third-order valence-electron chi connectivity index (χ3n) is 4.25. The molecule has 1 aliphatic heterocycles. The second-order valence-corrected chi connectivity index (χ2v) is 8.53. The Hall–Kier alpha value is -1.77. The number of thiophene rings is 1. The Morgan fingerprint density at radius 1 is 1.12 bits per heavy atom. The summed E-state index contributed by atoms with van der Waals surface area (Å²) in [5.74, 6) is -0.731. The summed E-state index contributed by atoms with van der Waals surface area (Å²) < 4.78 is 40.2. The number of piperazine rings is 1. The van der Waals surface area contributed by atoms with Crippen molar-refractivity contribution in [1.82, 2.24) is 9.21 Å². The molecule has 0 atom stereocenters. The van der Waals surface area contributed by atoms with Gasteiger partial charge in [0.25, 0.3) is 0 Å². The molecule has 1 aliphatic rings. The lowest BCUT2D eigenvalue weighted by molar-refractivity contribution is -0.132. The van der Waals surface area contributed by atoms with Crippen LogP contribution in [0.5, 0.6) is 0 Å². The van der Waals surface area contributed by atoms with E-state index in [-0.39, 0.29) is 23.9 Å². The number of benzene rings is 1. The number of aryl methyl sites for hydroxylation is 1. The molecule has 0 N–H and O–H groups in total. The summed E-state index contributed by atoms with van der Waals surface area (Å²) in [7, 11) is -3.87. The highest BCUT2D eigenvalue weighted by Gasteiger charge is 2.31. The molecular formula is C17H19FN2O3S2. The number of sulfonamides is 1. The van der Waals surface area contributed by atoms with E-state index < -0.39 is 15.8 Å². The molecule has 134 valence electrons. The Morgan fingerprint density at radius 3 is 2.48 bits per heavy atom. The van der Waals surface area contributed by atoms with E-state index in [0.29, 0.717) is 25.9 Å². The molecule has 0 unspecified atom stereocenters. The van der Waals surface area contributed by atoms with E-state index in [2.05, 4.69) is 0 Å². The molecule has 1 fully saturated rings. The van der Waals surface area contributed by atoms with Crippen molar-refractivity contribution in [2.75, 3.05) is 26.2 Å². The zero-order valence-electron chi connectivity index (χ0n) is 13.6. The summed E-state index contributed by atoms with van der Waals surface area (Å²) in [6.07, 6.45) is 1.10. The first kappa shape index (κ1) is 18.0. The topological polar surface area (TPSA) is 57.7 Å². The van der Waals surface area contributed by atoms with Crippen LogP contribution < -0.4 is 0 Å². The Bertz CT molecular complexity index is 829. The number of hydrogen-bond donors (Lipinski definition) is 0. The van der Waals surface area contributed by atoms with E-state index in [4.69, 9.17) is 0 Å². The van der Waals surface area contributed by atoms with Gasteiger partial charge in [0.05, 0.1) is 0 Å². The molecule has 3 rings (SSSR count). The average molecular weight is 382 g/mol. The van der Waals surface area contributed by atoms with E-state index in [1.54, 1.807) is 16.2 Å². The van der Waals surface area contributed by atoms with Gasteiger partial charge in [-0.05, 0) is 40.9 Å². The maximum atomic E-state index is 13.8. The Kier molecular flexibility index (Phi) is 5.51. The van der Waals surface area contributed by atoms with Crippen molar-refractivity contribution in [2.45, 2.75) is 17.7 Å². The smallest absolute Gasteiger partial charge is 0.246 e. The van der Waals surface area contributed by atoms with Crippen LogP contribution in [0.3, 0.4) is 0 Å². The van der Waals surface area contributed by atoms with Crippen molar-refractivity contribution in [1.29, 1.82) is 0 Å². The summed E-state index contributed by atoms with van der Waals surface area (Å²) in [6, 6.07) is 7.36. The highest BCUT2D eigenvalue weighted by molar-refractivity contribution is 7.89. The molecule has 2 heterocycles. The van der Waals surface area contributed by atoms with E-state index >= 15 is 0 Å². The summed E-state index contributed by atoms with van der Waals surface area (Å²) in [5.41, 5.74) is 1.14. The molecule has 2 aromatic rings. The van der Waals surface area contributed by atoms with Gasteiger partial charge in [-0.1, -0.05) is 12.1 Å². The molecular weight excluding hydrogens is 363 g/mol. The van der Waals surface area contributed by atoms with Crippen LogP contribution in [0.1, 0.15) is 12.0 Å². The standard InChI is InChI=1S/C17H19FN2O3S2/c18-15-3-1-2-4-16(15)25(22,23)20-10-8-19(9-11-20)17(21)6-5-14-7-12-24-13-14/h1-4,7,12-13H,5-6,8-11H2. The number of halogens is 1. The van der Waals surface area contributed by atoms with Crippen LogP contribution >= 0.6 is 11.3 Å². The molecule has 0 bridgehead atoms. The van der Waals surface area contributed by atoms with Crippen LogP contribution in [0, 0.1) is 5.82 Å². The van der Waals surface area contributed by atoms with E-state index in [9.17, 15) is 17.6 Å². The molecule has 1 aromatic carbocycles. The maximum absolute atomic E-state index is 13.8. The zero-order valence-corrected chi connectivity index (χ0v) is 15.2. The predicted molar refractivity (Wildman–Crippen MR) is 94.4 cm³/mol. The second kappa shape index (κ2) is 7.63. The monoisotopic (exact) mass is 382 g/mol. The van der Waals surface area contributed by atoms with Gasteiger partial charge in [0.2, 0.25) is 15.9 Å². The SMILES string of the molecule is O=C(CCc1ccsc1)N1CCN(S(=O)(=O)c2ccccc2F)CC1. The van der Waals surface area contributed by atoms with Crippen LogP contribution in [-0.2, 0) is 21.2 Å². The number of hydrogen-bond acceptors (Lipinski definition) is 4. The van der Waals surface area contributed by atoms with Gasteiger partial charge < -0.3 is 4.90 Å². The summed E-state index contributed by atoms with van der Waals surface area (Å²) >= 11 is 1.60. The largest absolute Gasteiger partial charge is 0.340 e. The van der Waals surface area contributed by atoms with Crippen LogP contribution in [0.25, 0.3) is 0 Å². The van der Waals surface area contributed by atoms with Crippen molar-refractivity contribution >= 4 is 27.3 Å². The molecule has 8 heteroatoms. The minimum Gasteiger partial charge on any atom is -0.340 e. The predicted octanol–water partition coefficient (Wildman–Crippen LogP) is 2.35. The van der Waals surface area contributed by atoms with Crippen molar-refractivity contribution in [2.24, 2.45) is 0 Å². The summed E-state index contributed by atoms with van der Waals surface area (Å²) in [5, 5.41) is 4.00. The minimum atomic E-state index is -3.87. The van der Waals surface area contributed by atoms with Gasteiger partial charge in [-0.25, -0.2) is 12.8 Å². The van der Waals surface area contributed by atoms with E-state index in [0.717, 1.165) is 11.6 Å². The number of carbonyl (C=O) groups excluding carboxylic acids is 1. The van der Waals surface area contributed by atoms with Crippen LogP contribution in [0.4, 0.5) is 4.39 Å². The molecule has 1 saturated heterocycles. The van der Waals surface area contributed by atoms with E-state index in [1.165, 1.54) is 22.5 Å². The third-order valence-corrected chi connectivity index (χ3v) is 6.92. The number of carbonyl (C=O) groups is 1. The average Bonchev–Trinajstić information content (AvgIpc) is 3.13. The van der Waals surface area contributed by atoms with Crippen LogP contribution in [0.15, 0.2) is 46.0 Å². The van der Waals surface area contributed by atoms with Crippen molar-refractivity contribution in [3.63, 3.8) is 0 Å². The molecule has 1 aromatic heterocycles. The fourth-order valence-corrected chi connectivity index (χ4v) is 5.01. The molecule has 0 radical (unpaired) electrons. The van der Waals surface area contributed by atoms with Crippen LogP contribution in [-0.4, -0.2) is 49.7 Å². The number of amides is 1. The van der Waals surface area contributed by atoms with Gasteiger partial charge in [0.15, 0.2) is 0 Å². The van der Waals surface area contributed by atoms with Gasteiger partial charge in [-0.2, -0.15) is 15.6 Å². The molecule has 1 amide bonds. The van der Waals surface area contributed by atoms with Gasteiger partial charge >= 0.3 is 0 Å². The highest BCUT2D eigenvalue weighted by Crippen LogP contribution is 2.20. The zero-order chi connectivity index (χ0) is 17.9. The second-order valence-electron chi connectivity index (χ2n) is 5.85. The third kappa shape index (κ3) is 4.08. The first-order chi connectivity index (χ1) is 12.0. The van der Waals surface area contributed by atoms with Crippen LogP contribution in [0.2, 0.25) is 0 Å². The van der Waals surface area contributed by atoms with Crippen molar-refractivity contribution in [3.8, 4) is 0 Å². The lowest BCUT2D eigenvalue weighted by atomic mass is 10.1. The fourth-order valence-electron chi connectivity index (χ4n) is 2.82. The molecule has 25 heavy (non-hydrogen) atoms. The van der Waals surface area contributed by atoms with Gasteiger partial charge in [-0.3, -0.25) is 4.79 Å². The molecule has 0 aliphatic carbocycles. The number of nitrogens with zero attached hydrogens (tertiary/aromatic N) is 2. The number of rotatable bonds is 5. The minimum absolute atomic E-state index is 0.0224. The van der Waals surface area contributed by atoms with Gasteiger partial charge in [-0.15, -0.1) is 0 Å². The normalized spacial score (nSPS) is 16.1. The lowest BCUT2D eigenvalue weighted by Gasteiger charge is -2.34. The fraction of sp³-hybridized carbons (Fsp3) is 0.353. The molecule has 0 spiro atoms. The van der Waals surface area contributed by atoms with Crippen molar-refractivity contribution in [3.05, 3.63) is 52.5 Å². The lowest BCUT2D eigenvalue weighted by Crippen LogP contribution is -2.50. The Labute approximate surface area is 150 Å². The highest BCUT2D eigenvalue weighted by atomic mass is 32.2. The van der Waals surface area contributed by atoms with Gasteiger partial charge in [0.1, 0.15) is 10.7 Å². The van der Waals surface area contributed by atoms with E-state index in [1.807, 2.05) is 16.8 Å². The molecule has 5 nitrogen and oxygen atoms in total. The Balaban J connectivity index is 1.58.